The molecule has 4 aromatic rings. The molecule has 7 nitrogen and oxygen atoms in total. The predicted octanol–water partition coefficient (Wildman–Crippen LogP) is 5.22. The number of rotatable bonds is 9. The van der Waals surface area contributed by atoms with Gasteiger partial charge in [0.2, 0.25) is 5.91 Å². The molecule has 0 aliphatic rings. The number of thioether (sulfide) groups is 1. The summed E-state index contributed by atoms with van der Waals surface area (Å²) in [6.07, 6.45) is 0. The highest BCUT2D eigenvalue weighted by Gasteiger charge is 2.16. The summed E-state index contributed by atoms with van der Waals surface area (Å²) in [7, 11) is 0. The van der Waals surface area contributed by atoms with Crippen molar-refractivity contribution in [3.8, 4) is 17.2 Å². The lowest BCUT2D eigenvalue weighted by Gasteiger charge is -2.15. The number of ether oxygens (including phenoxy) is 2. The summed E-state index contributed by atoms with van der Waals surface area (Å²) in [5.41, 5.74) is 2.71. The van der Waals surface area contributed by atoms with E-state index in [0.717, 1.165) is 11.3 Å². The number of benzene rings is 3. The average molecular weight is 490 g/mol. The van der Waals surface area contributed by atoms with Crippen LogP contribution in [-0.2, 0) is 4.79 Å². The number of amides is 1. The Morgan fingerprint density at radius 2 is 1.69 bits per heavy atom. The smallest absolute Gasteiger partial charge is 0.266 e. The molecule has 0 spiro atoms. The van der Waals surface area contributed by atoms with Crippen LogP contribution in [0.15, 0.2) is 76.7 Å². The van der Waals surface area contributed by atoms with Gasteiger partial charge in [-0.25, -0.2) is 4.98 Å². The number of para-hydroxylation sites is 2. The van der Waals surface area contributed by atoms with Gasteiger partial charge in [0.15, 0.2) is 16.7 Å². The molecule has 0 unspecified atom stereocenters. The molecule has 8 heteroatoms. The maximum Gasteiger partial charge on any atom is 0.266 e. The molecule has 0 saturated heterocycles. The number of carbonyl (C=O) groups is 1. The lowest BCUT2D eigenvalue weighted by molar-refractivity contribution is -0.113. The molecule has 4 rings (SSSR count). The molecule has 0 bridgehead atoms. The van der Waals surface area contributed by atoms with E-state index in [4.69, 9.17) is 14.5 Å². The van der Waals surface area contributed by atoms with Crippen LogP contribution in [0.25, 0.3) is 16.6 Å². The number of hydrogen-bond acceptors (Lipinski definition) is 6. The van der Waals surface area contributed by atoms with Crippen molar-refractivity contribution in [2.75, 3.05) is 24.3 Å². The second-order valence-corrected chi connectivity index (χ2v) is 8.65. The molecule has 0 saturated carbocycles. The molecule has 0 aliphatic heterocycles. The number of aromatic nitrogens is 2. The fourth-order valence-corrected chi connectivity index (χ4v) is 4.50. The van der Waals surface area contributed by atoms with Gasteiger partial charge >= 0.3 is 0 Å². The molecule has 0 atom stereocenters. The van der Waals surface area contributed by atoms with Crippen LogP contribution in [0, 0.1) is 6.92 Å². The number of carbonyl (C=O) groups excluding carboxylic acids is 1. The van der Waals surface area contributed by atoms with Gasteiger partial charge in [0.1, 0.15) is 0 Å². The standard InChI is InChI=1S/C27H27N3O4S/c1-4-33-23-15-14-19(16-24(23)34-5-2)28-25(31)17-35-27-29-21-12-8-7-11-20(21)26(32)30(27)22-13-9-6-10-18(22)3/h6-16H,4-5,17H2,1-3H3,(H,28,31). The zero-order chi connectivity index (χ0) is 24.8. The van der Waals surface area contributed by atoms with Crippen molar-refractivity contribution in [1.82, 2.24) is 9.55 Å². The number of fused-ring (bicyclic) bond motifs is 1. The molecule has 1 amide bonds. The van der Waals surface area contributed by atoms with Gasteiger partial charge in [0, 0.05) is 11.8 Å². The van der Waals surface area contributed by atoms with Crippen molar-refractivity contribution >= 4 is 34.3 Å². The van der Waals surface area contributed by atoms with Gasteiger partial charge in [0.25, 0.3) is 5.56 Å². The molecule has 35 heavy (non-hydrogen) atoms. The van der Waals surface area contributed by atoms with Crippen LogP contribution >= 0.6 is 11.8 Å². The fourth-order valence-electron chi connectivity index (χ4n) is 3.69. The third kappa shape index (κ3) is 5.49. The minimum atomic E-state index is -0.222. The second kappa shape index (κ2) is 11.1. The number of anilines is 1. The van der Waals surface area contributed by atoms with E-state index in [1.165, 1.54) is 11.8 Å². The monoisotopic (exact) mass is 489 g/mol. The van der Waals surface area contributed by atoms with E-state index in [2.05, 4.69) is 5.32 Å². The highest BCUT2D eigenvalue weighted by Crippen LogP contribution is 2.31. The van der Waals surface area contributed by atoms with Crippen LogP contribution in [0.5, 0.6) is 11.5 Å². The Kier molecular flexibility index (Phi) is 7.72. The summed E-state index contributed by atoms with van der Waals surface area (Å²) in [5, 5.41) is 3.88. The van der Waals surface area contributed by atoms with E-state index in [9.17, 15) is 9.59 Å². The van der Waals surface area contributed by atoms with E-state index in [-0.39, 0.29) is 17.2 Å². The van der Waals surface area contributed by atoms with E-state index in [1.807, 2.05) is 57.2 Å². The minimum absolute atomic E-state index is 0.0772. The first kappa shape index (κ1) is 24.3. The summed E-state index contributed by atoms with van der Waals surface area (Å²) in [5.74, 6) is 1.06. The van der Waals surface area contributed by atoms with Gasteiger partial charge in [-0.1, -0.05) is 42.1 Å². The van der Waals surface area contributed by atoms with Crippen molar-refractivity contribution in [1.29, 1.82) is 0 Å². The average Bonchev–Trinajstić information content (AvgIpc) is 2.85. The summed E-state index contributed by atoms with van der Waals surface area (Å²) >= 11 is 1.22. The van der Waals surface area contributed by atoms with Crippen LogP contribution in [0.3, 0.4) is 0 Å². The zero-order valence-electron chi connectivity index (χ0n) is 19.9. The van der Waals surface area contributed by atoms with E-state index >= 15 is 0 Å². The highest BCUT2D eigenvalue weighted by atomic mass is 32.2. The van der Waals surface area contributed by atoms with Crippen molar-refractivity contribution in [2.24, 2.45) is 0 Å². The van der Waals surface area contributed by atoms with Gasteiger partial charge in [-0.05, 0) is 56.7 Å². The Morgan fingerprint density at radius 1 is 0.971 bits per heavy atom. The van der Waals surface area contributed by atoms with Crippen LogP contribution < -0.4 is 20.3 Å². The molecule has 1 heterocycles. The molecule has 180 valence electrons. The zero-order valence-corrected chi connectivity index (χ0v) is 20.7. The van der Waals surface area contributed by atoms with Gasteiger partial charge < -0.3 is 14.8 Å². The number of hydrogen-bond donors (Lipinski definition) is 1. The van der Waals surface area contributed by atoms with Crippen molar-refractivity contribution in [3.05, 3.63) is 82.6 Å². The topological polar surface area (TPSA) is 82.5 Å². The van der Waals surface area contributed by atoms with Gasteiger partial charge in [-0.3, -0.25) is 14.2 Å². The molecule has 3 aromatic carbocycles. The van der Waals surface area contributed by atoms with Crippen LogP contribution in [-0.4, -0.2) is 34.4 Å². The number of nitrogens with zero attached hydrogens (tertiary/aromatic N) is 2. The third-order valence-corrected chi connectivity index (χ3v) is 6.20. The van der Waals surface area contributed by atoms with Gasteiger partial charge in [-0.2, -0.15) is 0 Å². The van der Waals surface area contributed by atoms with E-state index in [0.29, 0.717) is 46.5 Å². The summed E-state index contributed by atoms with van der Waals surface area (Å²) in [4.78, 5) is 30.9. The minimum Gasteiger partial charge on any atom is -0.490 e. The molecule has 0 radical (unpaired) electrons. The summed E-state index contributed by atoms with van der Waals surface area (Å²) < 4.78 is 12.8. The molecule has 1 aromatic heterocycles. The first-order valence-corrected chi connectivity index (χ1v) is 12.4. The largest absolute Gasteiger partial charge is 0.490 e. The molecular formula is C27H27N3O4S. The van der Waals surface area contributed by atoms with Crippen molar-refractivity contribution < 1.29 is 14.3 Å². The number of aryl methyl sites for hydroxylation is 1. The lowest BCUT2D eigenvalue weighted by Crippen LogP contribution is -2.23. The second-order valence-electron chi connectivity index (χ2n) is 7.70. The maximum absolute atomic E-state index is 13.4. The molecule has 0 aliphatic carbocycles. The highest BCUT2D eigenvalue weighted by molar-refractivity contribution is 7.99. The fraction of sp³-hybridized carbons (Fsp3) is 0.222. The quantitative estimate of drug-likeness (QED) is 0.256. The third-order valence-electron chi connectivity index (χ3n) is 5.26. The van der Waals surface area contributed by atoms with Crippen molar-refractivity contribution in [3.63, 3.8) is 0 Å². The Balaban J connectivity index is 1.60. The van der Waals surface area contributed by atoms with Crippen LogP contribution in [0.4, 0.5) is 5.69 Å². The Bertz CT molecular complexity index is 1420. The first-order chi connectivity index (χ1) is 17.0. The van der Waals surface area contributed by atoms with Gasteiger partial charge in [0.05, 0.1) is 35.6 Å². The van der Waals surface area contributed by atoms with Crippen LogP contribution in [0.2, 0.25) is 0 Å². The Hall–Kier alpha value is -3.78. The normalized spacial score (nSPS) is 10.8. The van der Waals surface area contributed by atoms with Gasteiger partial charge in [-0.15, -0.1) is 0 Å². The molecular weight excluding hydrogens is 462 g/mol. The predicted molar refractivity (Wildman–Crippen MR) is 140 cm³/mol. The number of nitrogens with one attached hydrogen (secondary N) is 1. The maximum atomic E-state index is 13.4. The van der Waals surface area contributed by atoms with Crippen molar-refractivity contribution in [2.45, 2.75) is 25.9 Å². The molecule has 0 fully saturated rings. The van der Waals surface area contributed by atoms with E-state index < -0.39 is 0 Å². The Morgan fingerprint density at radius 3 is 2.46 bits per heavy atom. The van der Waals surface area contributed by atoms with Crippen LogP contribution in [0.1, 0.15) is 19.4 Å². The molecule has 1 N–H and O–H groups in total. The SMILES string of the molecule is CCOc1ccc(NC(=O)CSc2nc3ccccc3c(=O)n2-c2ccccc2C)cc1OCC. The first-order valence-electron chi connectivity index (χ1n) is 11.4. The van der Waals surface area contributed by atoms with E-state index in [1.54, 1.807) is 34.9 Å². The lowest BCUT2D eigenvalue weighted by atomic mass is 10.2. The summed E-state index contributed by atoms with van der Waals surface area (Å²) in [6.45, 7) is 6.74. The Labute approximate surface area is 208 Å². The summed E-state index contributed by atoms with van der Waals surface area (Å²) in [6, 6.07) is 20.2.